The molecule has 0 amide bonds. The van der Waals surface area contributed by atoms with E-state index in [-0.39, 0.29) is 6.61 Å². The van der Waals surface area contributed by atoms with E-state index in [9.17, 15) is 5.11 Å². The molecule has 0 aliphatic carbocycles. The molecule has 1 fully saturated rings. The Balaban J connectivity index is 2.28. The number of aliphatic hydroxyl groups is 1. The fourth-order valence-corrected chi connectivity index (χ4v) is 2.94. The van der Waals surface area contributed by atoms with E-state index < -0.39 is 0 Å². The zero-order valence-corrected chi connectivity index (χ0v) is 12.4. The van der Waals surface area contributed by atoms with Gasteiger partial charge < -0.3 is 10.0 Å². The van der Waals surface area contributed by atoms with Crippen LogP contribution in [0, 0.1) is 11.8 Å². The van der Waals surface area contributed by atoms with E-state index in [1.807, 2.05) is 6.20 Å². The molecule has 0 spiro atoms. The first-order valence-corrected chi connectivity index (χ1v) is 7.22. The summed E-state index contributed by atoms with van der Waals surface area (Å²) in [7, 11) is 0. The van der Waals surface area contributed by atoms with Gasteiger partial charge in [0.25, 0.3) is 0 Å². The molecule has 0 bridgehead atoms. The molecule has 1 saturated heterocycles. The number of hydrogen-bond donors (Lipinski definition) is 1. The van der Waals surface area contributed by atoms with Crippen molar-refractivity contribution in [2.45, 2.75) is 46.6 Å². The Morgan fingerprint density at radius 1 is 1.32 bits per heavy atom. The Morgan fingerprint density at radius 3 is 2.47 bits per heavy atom. The standard InChI is InChI=1S/C15H25N3O/c1-10(2)15-16-6-14(13(9-19)17-15)18-7-11(3)5-12(4)8-18/h6,10-12,19H,5,7-9H2,1-4H3. The lowest BCUT2D eigenvalue weighted by atomic mass is 9.91. The van der Waals surface area contributed by atoms with Crippen LogP contribution in [0.3, 0.4) is 0 Å². The highest BCUT2D eigenvalue weighted by Gasteiger charge is 2.24. The molecule has 0 saturated carbocycles. The quantitative estimate of drug-likeness (QED) is 0.910. The molecule has 1 aromatic heterocycles. The summed E-state index contributed by atoms with van der Waals surface area (Å²) in [4.78, 5) is 11.3. The van der Waals surface area contributed by atoms with E-state index >= 15 is 0 Å². The summed E-state index contributed by atoms with van der Waals surface area (Å²) in [5.74, 6) is 2.46. The first kappa shape index (κ1) is 14.3. The topological polar surface area (TPSA) is 49.2 Å². The van der Waals surface area contributed by atoms with Gasteiger partial charge >= 0.3 is 0 Å². The second-order valence-corrected chi connectivity index (χ2v) is 6.22. The van der Waals surface area contributed by atoms with Gasteiger partial charge in [0.2, 0.25) is 0 Å². The van der Waals surface area contributed by atoms with E-state index in [0.29, 0.717) is 17.8 Å². The van der Waals surface area contributed by atoms with Crippen molar-refractivity contribution in [2.24, 2.45) is 11.8 Å². The Hall–Kier alpha value is -1.16. The maximum atomic E-state index is 9.57. The van der Waals surface area contributed by atoms with Crippen LogP contribution < -0.4 is 4.90 Å². The minimum Gasteiger partial charge on any atom is -0.390 e. The fourth-order valence-electron chi connectivity index (χ4n) is 2.94. The van der Waals surface area contributed by atoms with Crippen LogP contribution in [0.15, 0.2) is 6.20 Å². The van der Waals surface area contributed by atoms with Crippen molar-refractivity contribution in [3.63, 3.8) is 0 Å². The van der Waals surface area contributed by atoms with Crippen LogP contribution in [0.1, 0.15) is 51.6 Å². The summed E-state index contributed by atoms with van der Waals surface area (Å²) in [5.41, 5.74) is 1.77. The lowest BCUT2D eigenvalue weighted by Crippen LogP contribution is -2.39. The normalized spacial score (nSPS) is 24.0. The molecule has 0 radical (unpaired) electrons. The molecule has 4 heteroatoms. The van der Waals surface area contributed by atoms with E-state index in [0.717, 1.165) is 30.3 Å². The fraction of sp³-hybridized carbons (Fsp3) is 0.733. The van der Waals surface area contributed by atoms with Gasteiger partial charge in [-0.1, -0.05) is 27.7 Å². The van der Waals surface area contributed by atoms with Crippen LogP contribution in [-0.2, 0) is 6.61 Å². The number of hydrogen-bond acceptors (Lipinski definition) is 4. The third-order valence-corrected chi connectivity index (χ3v) is 3.74. The Bertz CT molecular complexity index is 423. The van der Waals surface area contributed by atoms with Crippen LogP contribution in [0.4, 0.5) is 5.69 Å². The zero-order chi connectivity index (χ0) is 14.0. The van der Waals surface area contributed by atoms with Crippen LogP contribution in [0.25, 0.3) is 0 Å². The molecule has 19 heavy (non-hydrogen) atoms. The van der Waals surface area contributed by atoms with Crippen molar-refractivity contribution in [3.05, 3.63) is 17.7 Å². The van der Waals surface area contributed by atoms with Gasteiger partial charge in [-0.3, -0.25) is 0 Å². The molecule has 4 nitrogen and oxygen atoms in total. The minimum atomic E-state index is -0.0170. The number of piperidine rings is 1. The number of rotatable bonds is 3. The van der Waals surface area contributed by atoms with Crippen LogP contribution in [-0.4, -0.2) is 28.2 Å². The van der Waals surface area contributed by atoms with Gasteiger partial charge in [-0.25, -0.2) is 9.97 Å². The maximum absolute atomic E-state index is 9.57. The Kier molecular flexibility index (Phi) is 4.40. The van der Waals surface area contributed by atoms with Gasteiger partial charge in [0.15, 0.2) is 0 Å². The number of aromatic nitrogens is 2. The predicted octanol–water partition coefficient (Wildman–Crippen LogP) is 2.57. The van der Waals surface area contributed by atoms with Crippen LogP contribution in [0.5, 0.6) is 0 Å². The summed E-state index contributed by atoms with van der Waals surface area (Å²) in [5, 5.41) is 9.57. The van der Waals surface area contributed by atoms with Crippen molar-refractivity contribution >= 4 is 5.69 Å². The van der Waals surface area contributed by atoms with Gasteiger partial charge in [-0.2, -0.15) is 0 Å². The number of aliphatic hydroxyl groups excluding tert-OH is 1. The summed E-state index contributed by atoms with van der Waals surface area (Å²) in [6.07, 6.45) is 3.16. The van der Waals surface area contributed by atoms with Crippen LogP contribution in [0.2, 0.25) is 0 Å². The first-order chi connectivity index (χ1) is 9.01. The number of nitrogens with zero attached hydrogens (tertiary/aromatic N) is 3. The summed E-state index contributed by atoms with van der Waals surface area (Å²) in [6.45, 7) is 10.7. The molecular weight excluding hydrogens is 238 g/mol. The lowest BCUT2D eigenvalue weighted by Gasteiger charge is -2.37. The average Bonchev–Trinajstić information content (AvgIpc) is 2.36. The van der Waals surface area contributed by atoms with Crippen LogP contribution >= 0.6 is 0 Å². The second-order valence-electron chi connectivity index (χ2n) is 6.22. The van der Waals surface area contributed by atoms with Gasteiger partial charge in [-0.05, 0) is 18.3 Å². The average molecular weight is 263 g/mol. The maximum Gasteiger partial charge on any atom is 0.131 e. The van der Waals surface area contributed by atoms with Crippen molar-refractivity contribution in [3.8, 4) is 0 Å². The SMILES string of the molecule is CC1CC(C)CN(c2cnc(C(C)C)nc2CO)C1. The van der Waals surface area contributed by atoms with E-state index in [4.69, 9.17) is 0 Å². The summed E-state index contributed by atoms with van der Waals surface area (Å²) >= 11 is 0. The smallest absolute Gasteiger partial charge is 0.131 e. The summed E-state index contributed by atoms with van der Waals surface area (Å²) in [6, 6.07) is 0. The molecule has 1 aliphatic heterocycles. The van der Waals surface area contributed by atoms with Crippen molar-refractivity contribution in [2.75, 3.05) is 18.0 Å². The molecule has 2 atom stereocenters. The Labute approximate surface area is 115 Å². The van der Waals surface area contributed by atoms with Gasteiger partial charge in [0.05, 0.1) is 24.2 Å². The molecular formula is C15H25N3O. The molecule has 1 aromatic rings. The minimum absolute atomic E-state index is 0.0170. The molecule has 1 aliphatic rings. The highest BCUT2D eigenvalue weighted by Crippen LogP contribution is 2.28. The molecule has 106 valence electrons. The molecule has 1 N–H and O–H groups in total. The third kappa shape index (κ3) is 3.24. The molecule has 2 heterocycles. The predicted molar refractivity (Wildman–Crippen MR) is 77.2 cm³/mol. The lowest BCUT2D eigenvalue weighted by molar-refractivity contribution is 0.275. The number of anilines is 1. The van der Waals surface area contributed by atoms with Crippen molar-refractivity contribution in [1.82, 2.24) is 9.97 Å². The molecule has 2 rings (SSSR count). The van der Waals surface area contributed by atoms with E-state index in [1.54, 1.807) is 0 Å². The van der Waals surface area contributed by atoms with E-state index in [2.05, 4.69) is 42.6 Å². The second kappa shape index (κ2) is 5.87. The molecule has 0 aromatic carbocycles. The monoisotopic (exact) mass is 263 g/mol. The summed E-state index contributed by atoms with van der Waals surface area (Å²) < 4.78 is 0. The van der Waals surface area contributed by atoms with Gasteiger partial charge in [0.1, 0.15) is 5.82 Å². The largest absolute Gasteiger partial charge is 0.390 e. The van der Waals surface area contributed by atoms with Crippen molar-refractivity contribution in [1.29, 1.82) is 0 Å². The Morgan fingerprint density at radius 2 is 1.95 bits per heavy atom. The molecule has 2 unspecified atom stereocenters. The van der Waals surface area contributed by atoms with Gasteiger partial charge in [0, 0.05) is 19.0 Å². The highest BCUT2D eigenvalue weighted by atomic mass is 16.3. The van der Waals surface area contributed by atoms with E-state index in [1.165, 1.54) is 6.42 Å². The third-order valence-electron chi connectivity index (χ3n) is 3.74. The first-order valence-electron chi connectivity index (χ1n) is 7.22. The highest BCUT2D eigenvalue weighted by molar-refractivity contribution is 5.49. The zero-order valence-electron chi connectivity index (χ0n) is 12.4. The van der Waals surface area contributed by atoms with Gasteiger partial charge in [-0.15, -0.1) is 0 Å². The van der Waals surface area contributed by atoms with Crippen molar-refractivity contribution < 1.29 is 5.11 Å².